The van der Waals surface area contributed by atoms with Gasteiger partial charge < -0.3 is 9.64 Å². The first-order valence-electron chi connectivity index (χ1n) is 4.03. The molecule has 1 heterocycles. The van der Waals surface area contributed by atoms with Crippen molar-refractivity contribution in [2.45, 2.75) is 0 Å². The molecule has 0 aromatic carbocycles. The van der Waals surface area contributed by atoms with Crippen molar-refractivity contribution in [3.8, 4) is 5.75 Å². The minimum absolute atomic E-state index is 0.624. The molecular weight excluding hydrogens is 246 g/mol. The van der Waals surface area contributed by atoms with E-state index in [1.807, 2.05) is 19.0 Å². The summed E-state index contributed by atoms with van der Waals surface area (Å²) < 4.78 is 5.94. The molecule has 0 atom stereocenters. The second-order valence-electron chi connectivity index (χ2n) is 2.89. The van der Waals surface area contributed by atoms with E-state index in [-0.39, 0.29) is 0 Å². The van der Waals surface area contributed by atoms with Gasteiger partial charge in [0.15, 0.2) is 5.82 Å². The Balaban J connectivity index is 2.89. The van der Waals surface area contributed by atoms with Gasteiger partial charge in [-0.2, -0.15) is 0 Å². The number of rotatable bonds is 3. The van der Waals surface area contributed by atoms with E-state index in [9.17, 15) is 0 Å². The van der Waals surface area contributed by atoms with Crippen molar-refractivity contribution in [2.24, 2.45) is 4.99 Å². The Morgan fingerprint density at radius 2 is 2.29 bits per heavy atom. The highest BCUT2D eigenvalue weighted by Crippen LogP contribution is 2.26. The lowest BCUT2D eigenvalue weighted by atomic mass is 10.4. The Kier molecular flexibility index (Phi) is 3.88. The molecule has 76 valence electrons. The minimum atomic E-state index is 0.624. The summed E-state index contributed by atoms with van der Waals surface area (Å²) in [5, 5.41) is 0. The summed E-state index contributed by atoms with van der Waals surface area (Å²) in [4.78, 5) is 10.1. The van der Waals surface area contributed by atoms with Crippen molar-refractivity contribution in [1.29, 1.82) is 0 Å². The molecule has 0 radical (unpaired) electrons. The molecule has 14 heavy (non-hydrogen) atoms. The number of hydrogen-bond acceptors (Lipinski definition) is 3. The summed E-state index contributed by atoms with van der Waals surface area (Å²) in [6, 6.07) is 1.77. The van der Waals surface area contributed by atoms with Crippen LogP contribution in [0.1, 0.15) is 0 Å². The lowest BCUT2D eigenvalue weighted by molar-refractivity contribution is 0.411. The van der Waals surface area contributed by atoms with Crippen LogP contribution in [0.2, 0.25) is 0 Å². The Morgan fingerprint density at radius 3 is 2.86 bits per heavy atom. The summed E-state index contributed by atoms with van der Waals surface area (Å²) in [5.41, 5.74) is 0. The smallest absolute Gasteiger partial charge is 0.157 e. The fourth-order valence-corrected chi connectivity index (χ4v) is 1.19. The molecule has 1 aromatic rings. The summed E-state index contributed by atoms with van der Waals surface area (Å²) in [5.74, 6) is 1.35. The predicted molar refractivity (Wildman–Crippen MR) is 60.3 cm³/mol. The number of halogens is 1. The molecule has 0 aliphatic carbocycles. The molecule has 4 nitrogen and oxygen atoms in total. The van der Waals surface area contributed by atoms with E-state index in [4.69, 9.17) is 4.74 Å². The average Bonchev–Trinajstić information content (AvgIpc) is 2.16. The Labute approximate surface area is 91.7 Å². The second-order valence-corrected chi connectivity index (χ2v) is 3.74. The van der Waals surface area contributed by atoms with Crippen LogP contribution in [0.3, 0.4) is 0 Å². The standard InChI is InChI=1S/C9H12BrN3O/c1-13(2)6-12-9-4-8(14-3)7(10)5-11-9/h4-6H,1-3H3/b12-6+. The molecule has 5 heteroatoms. The molecule has 0 aliphatic heterocycles. The first kappa shape index (κ1) is 11.0. The number of hydrogen-bond donors (Lipinski definition) is 0. The molecule has 1 rings (SSSR count). The molecule has 0 saturated heterocycles. The molecule has 0 saturated carbocycles. The molecule has 0 unspecified atom stereocenters. The zero-order valence-electron chi connectivity index (χ0n) is 8.36. The highest BCUT2D eigenvalue weighted by Gasteiger charge is 2.00. The maximum atomic E-state index is 5.12. The normalized spacial score (nSPS) is 10.6. The van der Waals surface area contributed by atoms with Crippen LogP contribution < -0.4 is 4.74 Å². The van der Waals surface area contributed by atoms with Crippen molar-refractivity contribution in [3.05, 3.63) is 16.7 Å². The van der Waals surface area contributed by atoms with Crippen LogP contribution >= 0.6 is 15.9 Å². The molecule has 0 bridgehead atoms. The second kappa shape index (κ2) is 4.95. The van der Waals surface area contributed by atoms with Crippen molar-refractivity contribution in [2.75, 3.05) is 21.2 Å². The van der Waals surface area contributed by atoms with Gasteiger partial charge in [-0.1, -0.05) is 0 Å². The van der Waals surface area contributed by atoms with Gasteiger partial charge in [0.25, 0.3) is 0 Å². The van der Waals surface area contributed by atoms with Gasteiger partial charge in [-0.3, -0.25) is 0 Å². The zero-order valence-corrected chi connectivity index (χ0v) is 9.95. The SMILES string of the molecule is COc1cc(/N=C/N(C)C)ncc1Br. The van der Waals surface area contributed by atoms with E-state index in [0.29, 0.717) is 5.82 Å². The molecule has 0 spiro atoms. The largest absolute Gasteiger partial charge is 0.495 e. The van der Waals surface area contributed by atoms with E-state index in [1.165, 1.54) is 0 Å². The maximum absolute atomic E-state index is 5.12. The van der Waals surface area contributed by atoms with Crippen molar-refractivity contribution < 1.29 is 4.74 Å². The Morgan fingerprint density at radius 1 is 1.57 bits per heavy atom. The van der Waals surface area contributed by atoms with Gasteiger partial charge in [-0.15, -0.1) is 0 Å². The van der Waals surface area contributed by atoms with Gasteiger partial charge in [0.2, 0.25) is 0 Å². The van der Waals surface area contributed by atoms with Crippen LogP contribution in [-0.2, 0) is 0 Å². The fourth-order valence-electron chi connectivity index (χ4n) is 0.812. The summed E-state index contributed by atoms with van der Waals surface area (Å²) in [7, 11) is 5.42. The third-order valence-electron chi connectivity index (χ3n) is 1.45. The Bertz CT molecular complexity index is 339. The van der Waals surface area contributed by atoms with Crippen molar-refractivity contribution in [1.82, 2.24) is 9.88 Å². The summed E-state index contributed by atoms with van der Waals surface area (Å²) in [6.07, 6.45) is 3.36. The zero-order chi connectivity index (χ0) is 10.6. The van der Waals surface area contributed by atoms with Gasteiger partial charge in [-0.25, -0.2) is 9.98 Å². The maximum Gasteiger partial charge on any atom is 0.157 e. The topological polar surface area (TPSA) is 37.7 Å². The molecule has 0 amide bonds. The van der Waals surface area contributed by atoms with E-state index < -0.39 is 0 Å². The number of aliphatic imine (C=N–C) groups is 1. The summed E-state index contributed by atoms with van der Waals surface area (Å²) in [6.45, 7) is 0. The minimum Gasteiger partial charge on any atom is -0.495 e. The first-order valence-corrected chi connectivity index (χ1v) is 4.83. The predicted octanol–water partition coefficient (Wildman–Crippen LogP) is 2.07. The molecule has 0 aliphatic rings. The van der Waals surface area contributed by atoms with Gasteiger partial charge in [-0.05, 0) is 15.9 Å². The van der Waals surface area contributed by atoms with E-state index in [0.717, 1.165) is 10.2 Å². The van der Waals surface area contributed by atoms with Crippen LogP contribution in [0.5, 0.6) is 5.75 Å². The lowest BCUT2D eigenvalue weighted by Crippen LogP contribution is -2.07. The van der Waals surface area contributed by atoms with Crippen molar-refractivity contribution >= 4 is 28.1 Å². The molecular formula is C9H12BrN3O. The highest BCUT2D eigenvalue weighted by molar-refractivity contribution is 9.10. The Hall–Kier alpha value is -1.10. The van der Waals surface area contributed by atoms with Gasteiger partial charge in [0.05, 0.1) is 17.9 Å². The van der Waals surface area contributed by atoms with Crippen molar-refractivity contribution in [3.63, 3.8) is 0 Å². The molecule has 0 N–H and O–H groups in total. The monoisotopic (exact) mass is 257 g/mol. The van der Waals surface area contributed by atoms with E-state index >= 15 is 0 Å². The van der Waals surface area contributed by atoms with Crippen LogP contribution in [0.4, 0.5) is 5.82 Å². The first-order chi connectivity index (χ1) is 6.63. The molecule has 1 aromatic heterocycles. The van der Waals surface area contributed by atoms with Gasteiger partial charge in [0, 0.05) is 26.4 Å². The quantitative estimate of drug-likeness (QED) is 0.615. The molecule has 0 fully saturated rings. The number of nitrogens with zero attached hydrogens (tertiary/aromatic N) is 3. The average molecular weight is 258 g/mol. The van der Waals surface area contributed by atoms with E-state index in [1.54, 1.807) is 25.7 Å². The fraction of sp³-hybridized carbons (Fsp3) is 0.333. The van der Waals surface area contributed by atoms with Crippen LogP contribution in [0, 0.1) is 0 Å². The van der Waals surface area contributed by atoms with Crippen LogP contribution in [-0.4, -0.2) is 37.4 Å². The van der Waals surface area contributed by atoms with Crippen LogP contribution in [0.25, 0.3) is 0 Å². The highest BCUT2D eigenvalue weighted by atomic mass is 79.9. The number of aromatic nitrogens is 1. The number of pyridine rings is 1. The number of methoxy groups -OCH3 is 1. The third kappa shape index (κ3) is 2.99. The van der Waals surface area contributed by atoms with Crippen LogP contribution in [0.15, 0.2) is 21.7 Å². The van der Waals surface area contributed by atoms with Gasteiger partial charge in [0.1, 0.15) is 5.75 Å². The van der Waals surface area contributed by atoms with Gasteiger partial charge >= 0.3 is 0 Å². The number of ether oxygens (including phenoxy) is 1. The van der Waals surface area contributed by atoms with E-state index in [2.05, 4.69) is 25.9 Å². The third-order valence-corrected chi connectivity index (χ3v) is 2.04. The summed E-state index contributed by atoms with van der Waals surface area (Å²) >= 11 is 3.32. The lowest BCUT2D eigenvalue weighted by Gasteiger charge is -2.04.